The smallest absolute Gasteiger partial charge is 0.256 e. The molecular formula is C87H92FN25O4. The Morgan fingerprint density at radius 3 is 1.06 bits per heavy atom. The van der Waals surface area contributed by atoms with Gasteiger partial charge >= 0.3 is 0 Å². The quantitative estimate of drug-likeness (QED) is 0.0698. The van der Waals surface area contributed by atoms with Gasteiger partial charge in [-0.15, -0.1) is 0 Å². The molecule has 8 fully saturated rings. The van der Waals surface area contributed by atoms with E-state index in [1.54, 1.807) is 92.6 Å². The maximum Gasteiger partial charge on any atom is 0.256 e. The fourth-order valence-corrected chi connectivity index (χ4v) is 18.4. The highest BCUT2D eigenvalue weighted by atomic mass is 19.1. The molecule has 4 aliphatic carbocycles. The predicted molar refractivity (Wildman–Crippen MR) is 437 cm³/mol. The summed E-state index contributed by atoms with van der Waals surface area (Å²) in [6.45, 7) is 17.0. The van der Waals surface area contributed by atoms with Crippen LogP contribution in [0.5, 0.6) is 0 Å². The molecule has 30 heteroatoms. The van der Waals surface area contributed by atoms with E-state index in [0.717, 1.165) is 139 Å². The monoisotopic (exact) mass is 1570 g/mol. The van der Waals surface area contributed by atoms with Gasteiger partial charge in [-0.25, -0.2) is 39.3 Å². The standard InChI is InChI=1S/C23H22FN5O.C22H24N6O.2C21H23N7O/c1-14-6-7-20(27-12-14)28-18-10-15-11-19(18)29(13-15)23(30)16-4-2-5-17(24)21(16)22-25-8-3-9-26-22;1-14-3-5-17(19(9-14)28-24-7-8-25-28)22(29)27-13-16-10-18(20(27)11-16)26-21-6-4-15(2)12-23-21;1-13-3-4-16(18(7-13)28-24-5-6-25-28)21(29)27-12-15-8-17(19(27)9-15)26-20-11-22-14(2)10-23-20;1-13-3-4-16(18(7-13)28-24-5-6-25-28)20(29)27-12-15-8-17(19(27)9-15)26-21-22-10-14(2)11-23-21/h2-9,12,15,18-19H,10-11,13H2,1H3,(H,27,28);3-9,12,16,18,20H,10-11,13H2,1-2H3,(H,23,26);3-7,10-11,15,17,19H,8-9,12H2,1-2H3,(H,23,26);3-7,10-11,15,17,19H,8-9,12H2,1-2H3,(H,22,23,26). The van der Waals surface area contributed by atoms with Gasteiger partial charge in [0.05, 0.1) is 124 Å². The Balaban J connectivity index is 0.000000112. The minimum atomic E-state index is -0.491. The van der Waals surface area contributed by atoms with Gasteiger partial charge < -0.3 is 40.9 Å². The average Bonchev–Trinajstić information content (AvgIpc) is 1.65. The van der Waals surface area contributed by atoms with Crippen LogP contribution in [0.3, 0.4) is 0 Å². The van der Waals surface area contributed by atoms with E-state index in [2.05, 4.69) is 97.8 Å². The second-order valence-corrected chi connectivity index (χ2v) is 32.3. The minimum absolute atomic E-state index is 0.0288. The lowest BCUT2D eigenvalue weighted by molar-refractivity contribution is 0.0684. The molecule has 4 N–H and O–H groups in total. The number of hydrogen-bond acceptors (Lipinski definition) is 22. The SMILES string of the molecule is Cc1ccc(C(=O)N2CC3CC(Nc4cnc(C)cn4)C2C3)c(-n2nccn2)c1.Cc1ccc(NC2CC3CC2N(C(=O)c2ccc(C)cc2-n2nccn2)C3)nc1.Cc1ccc(NC2CC3CC2N(C(=O)c2cccc(F)c2-c2ncccn2)C3)nc1.Cc1cnc(NC2CC3CC2N(C(=O)c2ccc(C)cc2-n2nccn2)C3)nc1. The molecule has 4 saturated carbocycles. The summed E-state index contributed by atoms with van der Waals surface area (Å²) < 4.78 is 14.7. The van der Waals surface area contributed by atoms with Crippen molar-refractivity contribution in [3.63, 3.8) is 0 Å². The molecule has 20 rings (SSSR count). The molecule has 12 aromatic rings. The van der Waals surface area contributed by atoms with Gasteiger partial charge in [0.25, 0.3) is 23.6 Å². The Kier molecular flexibility index (Phi) is 21.6. The largest absolute Gasteiger partial charge is 0.365 e. The highest BCUT2D eigenvalue weighted by Gasteiger charge is 2.52. The lowest BCUT2D eigenvalue weighted by Gasteiger charge is -2.34. The highest BCUT2D eigenvalue weighted by Crippen LogP contribution is 2.45. The summed E-state index contributed by atoms with van der Waals surface area (Å²) in [6.07, 6.45) is 31.8. The van der Waals surface area contributed by atoms with E-state index in [1.165, 1.54) is 20.5 Å². The van der Waals surface area contributed by atoms with Crippen LogP contribution in [-0.4, -0.2) is 203 Å². The fraction of sp³-hybridized carbons (Fsp3) is 0.356. The number of nitrogens with one attached hydrogen (secondary N) is 4. The Hall–Kier alpha value is -13.2. The maximum atomic E-state index is 14.7. The number of benzene rings is 4. The van der Waals surface area contributed by atoms with E-state index < -0.39 is 5.82 Å². The van der Waals surface area contributed by atoms with Crippen LogP contribution >= 0.6 is 0 Å². The van der Waals surface area contributed by atoms with Crippen LogP contribution in [0.15, 0.2) is 190 Å². The number of nitrogens with zero attached hydrogens (tertiary/aromatic N) is 21. The molecule has 0 radical (unpaired) electrons. The van der Waals surface area contributed by atoms with Gasteiger partial charge in [0.1, 0.15) is 23.3 Å². The zero-order valence-electron chi connectivity index (χ0n) is 66.2. The number of pyridine rings is 2. The number of carbonyl (C=O) groups is 4. The van der Waals surface area contributed by atoms with E-state index in [0.29, 0.717) is 64.1 Å². The number of piperidine rings is 4. The van der Waals surface area contributed by atoms with Gasteiger partial charge in [-0.3, -0.25) is 24.2 Å². The molecule has 8 aromatic heterocycles. The van der Waals surface area contributed by atoms with E-state index in [1.807, 2.05) is 153 Å². The highest BCUT2D eigenvalue weighted by molar-refractivity contribution is 6.02. The summed E-state index contributed by atoms with van der Waals surface area (Å²) in [4.78, 5) is 101. The van der Waals surface area contributed by atoms with Crippen molar-refractivity contribution in [2.24, 2.45) is 23.7 Å². The number of carbonyl (C=O) groups excluding carboxylic acids is 4. The topological polar surface area (TPSA) is 325 Å². The molecule has 12 unspecified atom stereocenters. The van der Waals surface area contributed by atoms with Crippen LogP contribution < -0.4 is 21.3 Å². The molecule has 0 spiro atoms. The third kappa shape index (κ3) is 16.4. The first-order valence-electron chi connectivity index (χ1n) is 40.1. The van der Waals surface area contributed by atoms with E-state index in [4.69, 9.17) is 0 Å². The Morgan fingerprint density at radius 1 is 0.333 bits per heavy atom. The predicted octanol–water partition coefficient (Wildman–Crippen LogP) is 11.5. The summed E-state index contributed by atoms with van der Waals surface area (Å²) in [5.74, 6) is 4.72. The van der Waals surface area contributed by atoms with Crippen LogP contribution in [0.4, 0.5) is 27.8 Å². The first-order chi connectivity index (χ1) is 56.8. The molecule has 4 aromatic carbocycles. The maximum absolute atomic E-state index is 14.7. The Bertz CT molecular complexity index is 5130. The molecule has 4 saturated heterocycles. The summed E-state index contributed by atoms with van der Waals surface area (Å²) >= 11 is 0. The molecule has 4 aliphatic heterocycles. The van der Waals surface area contributed by atoms with Crippen molar-refractivity contribution < 1.29 is 23.6 Å². The second-order valence-electron chi connectivity index (χ2n) is 32.3. The first-order valence-corrected chi connectivity index (χ1v) is 40.1. The summed E-state index contributed by atoms with van der Waals surface area (Å²) in [7, 11) is 0. The molecule has 596 valence electrons. The van der Waals surface area contributed by atoms with Crippen molar-refractivity contribution in [2.75, 3.05) is 47.4 Å². The molecular weight excluding hydrogens is 1480 g/mol. The van der Waals surface area contributed by atoms with Gasteiger partial charge in [-0.1, -0.05) is 36.4 Å². The molecule has 117 heavy (non-hydrogen) atoms. The zero-order chi connectivity index (χ0) is 80.5. The van der Waals surface area contributed by atoms with Crippen molar-refractivity contribution in [3.8, 4) is 28.5 Å². The lowest BCUT2D eigenvalue weighted by atomic mass is 10.0. The number of fused-ring (bicyclic) bond motifs is 8. The second kappa shape index (κ2) is 33.0. The van der Waals surface area contributed by atoms with Gasteiger partial charge in [0.15, 0.2) is 5.82 Å². The summed E-state index contributed by atoms with van der Waals surface area (Å²) in [6, 6.07) is 32.9. The van der Waals surface area contributed by atoms with Gasteiger partial charge in [0, 0.05) is 87.5 Å². The van der Waals surface area contributed by atoms with Crippen molar-refractivity contribution >= 4 is 47.0 Å². The molecule has 8 aliphatic rings. The van der Waals surface area contributed by atoms with E-state index in [9.17, 15) is 23.6 Å². The van der Waals surface area contributed by atoms with Gasteiger partial charge in [-0.2, -0.15) is 45.0 Å². The fourth-order valence-electron chi connectivity index (χ4n) is 18.4. The lowest BCUT2D eigenvalue weighted by Crippen LogP contribution is -2.48. The molecule has 12 heterocycles. The third-order valence-corrected chi connectivity index (χ3v) is 23.8. The van der Waals surface area contributed by atoms with Crippen molar-refractivity contribution in [2.45, 2.75) is 148 Å². The van der Waals surface area contributed by atoms with Crippen molar-refractivity contribution in [1.82, 2.24) is 104 Å². The van der Waals surface area contributed by atoms with Gasteiger partial charge in [-0.05, 0) is 224 Å². The zero-order valence-corrected chi connectivity index (χ0v) is 66.2. The molecule has 8 bridgehead atoms. The number of aromatic nitrogens is 17. The number of aryl methyl sites for hydroxylation is 7. The summed E-state index contributed by atoms with van der Waals surface area (Å²) in [5, 5.41) is 39.4. The average molecular weight is 1570 g/mol. The van der Waals surface area contributed by atoms with E-state index >= 15 is 0 Å². The molecule has 12 atom stereocenters. The van der Waals surface area contributed by atoms with Crippen LogP contribution in [0, 0.1) is 78.0 Å². The normalized spacial score (nSPS) is 22.7. The number of anilines is 4. The molecule has 29 nitrogen and oxygen atoms in total. The number of hydrogen-bond donors (Lipinski definition) is 4. The number of likely N-dealkylation sites (tertiary alicyclic amines) is 4. The van der Waals surface area contributed by atoms with Crippen molar-refractivity contribution in [3.05, 3.63) is 257 Å². The Labute approximate surface area is 676 Å². The number of amides is 4. The molecule has 4 amide bonds. The first kappa shape index (κ1) is 76.5. The van der Waals surface area contributed by atoms with Crippen LogP contribution in [-0.2, 0) is 0 Å². The van der Waals surface area contributed by atoms with Crippen LogP contribution in [0.25, 0.3) is 28.5 Å². The van der Waals surface area contributed by atoms with Crippen LogP contribution in [0.1, 0.15) is 132 Å². The minimum Gasteiger partial charge on any atom is -0.365 e. The summed E-state index contributed by atoms with van der Waals surface area (Å²) in [5.41, 5.74) is 11.9. The van der Waals surface area contributed by atoms with Gasteiger partial charge in [0.2, 0.25) is 5.95 Å². The number of rotatable bonds is 16. The van der Waals surface area contributed by atoms with Crippen LogP contribution in [0.2, 0.25) is 0 Å². The van der Waals surface area contributed by atoms with Crippen molar-refractivity contribution in [1.29, 1.82) is 0 Å². The van der Waals surface area contributed by atoms with E-state index in [-0.39, 0.29) is 83.4 Å². The third-order valence-electron chi connectivity index (χ3n) is 23.8. The number of halogens is 1. The Morgan fingerprint density at radius 2 is 0.692 bits per heavy atom.